The molecule has 0 amide bonds. The Morgan fingerprint density at radius 3 is 2.05 bits per heavy atom. The first kappa shape index (κ1) is 16.4. The minimum atomic E-state index is -5.76. The van der Waals surface area contributed by atoms with Gasteiger partial charge in [0.1, 0.15) is 5.75 Å². The van der Waals surface area contributed by atoms with Gasteiger partial charge in [-0.3, -0.25) is 0 Å². The third-order valence-corrected chi connectivity index (χ3v) is 2.58. The maximum atomic E-state index is 12.7. The molecule has 0 fully saturated rings. The predicted molar refractivity (Wildman–Crippen MR) is 65.4 cm³/mol. The van der Waals surface area contributed by atoms with E-state index in [1.165, 1.54) is 12.1 Å². The topological polar surface area (TPSA) is 32.6 Å². The summed E-state index contributed by atoms with van der Waals surface area (Å²) in [7, 11) is 0. The van der Waals surface area contributed by atoms with Crippen LogP contribution in [0, 0.1) is 0 Å². The molecule has 1 N–H and O–H groups in total. The minimum absolute atomic E-state index is 0.193. The number of nitrogens with zero attached hydrogens (tertiary/aromatic N) is 1. The van der Waals surface area contributed by atoms with Crippen LogP contribution in [-0.4, -0.2) is 23.5 Å². The third-order valence-electron chi connectivity index (χ3n) is 2.58. The van der Waals surface area contributed by atoms with Crippen molar-refractivity contribution in [3.63, 3.8) is 0 Å². The van der Waals surface area contributed by atoms with Gasteiger partial charge < -0.3 is 5.11 Å². The number of alkyl halides is 5. The molecule has 0 aliphatic carbocycles. The van der Waals surface area contributed by atoms with Crippen LogP contribution < -0.4 is 0 Å². The Hall–Kier alpha value is -1.66. The molecule has 2 nitrogen and oxygen atoms in total. The van der Waals surface area contributed by atoms with Gasteiger partial charge in [-0.2, -0.15) is 22.0 Å². The first-order valence-corrected chi connectivity index (χ1v) is 5.68. The van der Waals surface area contributed by atoms with E-state index >= 15 is 0 Å². The third kappa shape index (κ3) is 3.46. The first-order chi connectivity index (χ1) is 8.86. The molecule has 0 aliphatic heterocycles. The lowest BCUT2D eigenvalue weighted by atomic mass is 9.85. The molecule has 0 atom stereocenters. The molecule has 0 bridgehead atoms. The highest BCUT2D eigenvalue weighted by molar-refractivity contribution is 5.84. The molecule has 0 saturated carbocycles. The normalized spacial score (nSPS) is 14.0. The van der Waals surface area contributed by atoms with E-state index < -0.39 is 17.6 Å². The lowest BCUT2D eigenvalue weighted by molar-refractivity contribution is -0.277. The number of halogens is 5. The number of aromatic hydroxyl groups is 1. The number of rotatable bonds is 2. The van der Waals surface area contributed by atoms with Crippen LogP contribution in [0.25, 0.3) is 0 Å². The molecular formula is C13H14F5NO. The first-order valence-electron chi connectivity index (χ1n) is 5.68. The number of phenolic OH excluding ortho intramolecular Hbond substituents is 1. The molecule has 1 aromatic carbocycles. The fourth-order valence-corrected chi connectivity index (χ4v) is 1.49. The van der Waals surface area contributed by atoms with Crippen molar-refractivity contribution in [2.24, 2.45) is 4.99 Å². The Bertz CT molecular complexity index is 514. The number of aliphatic imine (C=N–C) groups is 1. The Balaban J connectivity index is 3.18. The smallest absolute Gasteiger partial charge is 0.477 e. The fourth-order valence-electron chi connectivity index (χ4n) is 1.49. The maximum Gasteiger partial charge on any atom is 0.477 e. The summed E-state index contributed by atoms with van der Waals surface area (Å²) in [4.78, 5) is 2.24. The van der Waals surface area contributed by atoms with E-state index in [4.69, 9.17) is 0 Å². The van der Waals surface area contributed by atoms with Gasteiger partial charge in [0.15, 0.2) is 0 Å². The van der Waals surface area contributed by atoms with Gasteiger partial charge in [0.05, 0.1) is 0 Å². The molecule has 0 spiro atoms. The number of hydrogen-bond acceptors (Lipinski definition) is 2. The van der Waals surface area contributed by atoms with Crippen LogP contribution in [0.15, 0.2) is 23.2 Å². The van der Waals surface area contributed by atoms with E-state index in [0.717, 1.165) is 0 Å². The molecule has 1 aromatic rings. The molecule has 20 heavy (non-hydrogen) atoms. The van der Waals surface area contributed by atoms with Crippen LogP contribution in [0.1, 0.15) is 31.9 Å². The zero-order chi connectivity index (χ0) is 15.8. The quantitative estimate of drug-likeness (QED) is 0.493. The zero-order valence-corrected chi connectivity index (χ0v) is 11.1. The highest BCUT2D eigenvalue weighted by atomic mass is 19.4. The SMILES string of the molecule is CC(C)(C)c1cccc(C=NC(F)(F)C(F)(F)F)c1O. The van der Waals surface area contributed by atoms with E-state index in [1.54, 1.807) is 26.8 Å². The molecule has 0 radical (unpaired) electrons. The Morgan fingerprint density at radius 2 is 1.60 bits per heavy atom. The van der Waals surface area contributed by atoms with Gasteiger partial charge in [0.25, 0.3) is 0 Å². The van der Waals surface area contributed by atoms with Crippen molar-refractivity contribution >= 4 is 6.21 Å². The van der Waals surface area contributed by atoms with E-state index in [-0.39, 0.29) is 11.3 Å². The summed E-state index contributed by atoms with van der Waals surface area (Å²) in [6.07, 6.45) is -5.43. The van der Waals surface area contributed by atoms with Crippen molar-refractivity contribution in [2.75, 3.05) is 0 Å². The average Bonchev–Trinajstić information content (AvgIpc) is 2.24. The van der Waals surface area contributed by atoms with Gasteiger partial charge in [-0.1, -0.05) is 32.9 Å². The van der Waals surface area contributed by atoms with Crippen molar-refractivity contribution in [3.8, 4) is 5.75 Å². The van der Waals surface area contributed by atoms with Crippen LogP contribution >= 0.6 is 0 Å². The Labute approximate surface area is 113 Å². The molecule has 0 aromatic heterocycles. The summed E-state index contributed by atoms with van der Waals surface area (Å²) in [5.74, 6) is -0.360. The zero-order valence-electron chi connectivity index (χ0n) is 11.1. The second kappa shape index (κ2) is 5.03. The van der Waals surface area contributed by atoms with Gasteiger partial charge in [0.2, 0.25) is 0 Å². The second-order valence-corrected chi connectivity index (χ2v) is 5.29. The summed E-state index contributed by atoms with van der Waals surface area (Å²) in [6, 6.07) is -0.959. The molecule has 7 heteroatoms. The standard InChI is InChI=1S/C13H14F5NO/c1-11(2,3)9-6-4-5-8(10(9)20)7-19-13(17,18)12(14,15)16/h4-7,20H,1-3H3. The molecule has 0 heterocycles. The Morgan fingerprint density at radius 1 is 1.05 bits per heavy atom. The van der Waals surface area contributed by atoms with Crippen molar-refractivity contribution in [3.05, 3.63) is 29.3 Å². The number of phenols is 1. The molecular weight excluding hydrogens is 281 g/mol. The average molecular weight is 295 g/mol. The van der Waals surface area contributed by atoms with Gasteiger partial charge >= 0.3 is 12.2 Å². The van der Waals surface area contributed by atoms with Gasteiger partial charge in [-0.15, -0.1) is 0 Å². The van der Waals surface area contributed by atoms with Crippen LogP contribution in [0.3, 0.4) is 0 Å². The summed E-state index contributed by atoms with van der Waals surface area (Å²) >= 11 is 0. The fraction of sp³-hybridized carbons (Fsp3) is 0.462. The highest BCUT2D eigenvalue weighted by Crippen LogP contribution is 2.37. The Kier molecular flexibility index (Phi) is 4.12. The van der Waals surface area contributed by atoms with Crippen LogP contribution in [0.5, 0.6) is 5.75 Å². The predicted octanol–water partition coefficient (Wildman–Crippen LogP) is 4.26. The van der Waals surface area contributed by atoms with Crippen LogP contribution in [0.2, 0.25) is 0 Å². The second-order valence-electron chi connectivity index (χ2n) is 5.29. The largest absolute Gasteiger partial charge is 0.507 e. The lowest BCUT2D eigenvalue weighted by Gasteiger charge is -2.21. The van der Waals surface area contributed by atoms with E-state index in [0.29, 0.717) is 11.8 Å². The maximum absolute atomic E-state index is 12.7. The molecule has 0 saturated heterocycles. The van der Waals surface area contributed by atoms with Crippen molar-refractivity contribution in [1.29, 1.82) is 0 Å². The summed E-state index contributed by atoms with van der Waals surface area (Å²) in [6.45, 7) is 5.31. The molecule has 112 valence electrons. The van der Waals surface area contributed by atoms with E-state index in [9.17, 15) is 27.1 Å². The van der Waals surface area contributed by atoms with E-state index in [2.05, 4.69) is 4.99 Å². The summed E-state index contributed by atoms with van der Waals surface area (Å²) in [5.41, 5.74) is -0.251. The summed E-state index contributed by atoms with van der Waals surface area (Å²) in [5, 5.41) is 9.91. The highest BCUT2D eigenvalue weighted by Gasteiger charge is 2.57. The van der Waals surface area contributed by atoms with Crippen molar-refractivity contribution in [1.82, 2.24) is 0 Å². The number of para-hydroxylation sites is 1. The van der Waals surface area contributed by atoms with Gasteiger partial charge in [0, 0.05) is 11.8 Å². The lowest BCUT2D eigenvalue weighted by Crippen LogP contribution is -2.34. The number of benzene rings is 1. The molecule has 1 rings (SSSR count). The van der Waals surface area contributed by atoms with Gasteiger partial charge in [-0.05, 0) is 17.0 Å². The molecule has 0 aliphatic rings. The van der Waals surface area contributed by atoms with Crippen molar-refractivity contribution < 1.29 is 27.1 Å². The van der Waals surface area contributed by atoms with E-state index in [1.807, 2.05) is 0 Å². The molecule has 0 unspecified atom stereocenters. The van der Waals surface area contributed by atoms with Crippen LogP contribution in [0.4, 0.5) is 22.0 Å². The number of hydrogen-bond donors (Lipinski definition) is 1. The van der Waals surface area contributed by atoms with Crippen LogP contribution in [-0.2, 0) is 5.41 Å². The summed E-state index contributed by atoms with van der Waals surface area (Å²) < 4.78 is 61.3. The minimum Gasteiger partial charge on any atom is -0.507 e. The monoisotopic (exact) mass is 295 g/mol. The van der Waals surface area contributed by atoms with Gasteiger partial charge in [-0.25, -0.2) is 4.99 Å². The van der Waals surface area contributed by atoms with Crippen molar-refractivity contribution in [2.45, 2.75) is 38.4 Å².